The maximum atomic E-state index is 12.4. The van der Waals surface area contributed by atoms with E-state index in [0.29, 0.717) is 23.4 Å². The fourth-order valence-electron chi connectivity index (χ4n) is 2.85. The van der Waals surface area contributed by atoms with Crippen LogP contribution in [0.1, 0.15) is 42.1 Å². The Balaban J connectivity index is 1.96. The lowest BCUT2D eigenvalue weighted by Crippen LogP contribution is -2.18. The molecule has 1 N–H and O–H groups in total. The lowest BCUT2D eigenvalue weighted by Gasteiger charge is -2.25. The van der Waals surface area contributed by atoms with Crippen LogP contribution in [0.4, 0.5) is 0 Å². The van der Waals surface area contributed by atoms with Crippen LogP contribution in [-0.4, -0.2) is 21.8 Å². The molecule has 3 rings (SSSR count). The van der Waals surface area contributed by atoms with E-state index >= 15 is 0 Å². The molecule has 2 aromatic rings. The number of ether oxygens (including phenoxy) is 1. The number of phenolic OH excluding ortho intramolecular Hbond substituents is 1. The smallest absolute Gasteiger partial charge is 0.344 e. The first-order valence-electron chi connectivity index (χ1n) is 7.71. The number of rotatable bonds is 3. The summed E-state index contributed by atoms with van der Waals surface area (Å²) < 4.78 is 5.64. The molecule has 1 aliphatic heterocycles. The molecular formula is C19H18N2O3. The van der Waals surface area contributed by atoms with Crippen molar-refractivity contribution in [1.29, 1.82) is 0 Å². The van der Waals surface area contributed by atoms with Crippen LogP contribution in [-0.2, 0) is 4.74 Å². The summed E-state index contributed by atoms with van der Waals surface area (Å²) in [5.74, 6) is -0.0761. The Bertz CT molecular complexity index is 826. The molecule has 0 bridgehead atoms. The normalized spacial score (nSPS) is 17.4. The lowest BCUT2D eigenvalue weighted by atomic mass is 9.88. The van der Waals surface area contributed by atoms with E-state index in [-0.39, 0.29) is 11.7 Å². The van der Waals surface area contributed by atoms with E-state index in [1.54, 1.807) is 30.5 Å². The van der Waals surface area contributed by atoms with Crippen molar-refractivity contribution in [3.05, 3.63) is 71.4 Å². The molecule has 5 nitrogen and oxygen atoms in total. The van der Waals surface area contributed by atoms with E-state index in [2.05, 4.69) is 9.98 Å². The standard InChI is InChI=1S/C19H18N2O3/c1-12-10-16(15-7-3-4-8-17(15)22)18(13(2)21-12)24-19(23)14-6-5-9-20-11-14/h3-9,11,16,22H,10H2,1-2H3. The van der Waals surface area contributed by atoms with Gasteiger partial charge in [0.05, 0.1) is 17.2 Å². The summed E-state index contributed by atoms with van der Waals surface area (Å²) in [6.07, 6.45) is 3.65. The van der Waals surface area contributed by atoms with Crippen molar-refractivity contribution in [3.8, 4) is 5.75 Å². The first-order valence-corrected chi connectivity index (χ1v) is 7.71. The van der Waals surface area contributed by atoms with Gasteiger partial charge in [0.15, 0.2) is 0 Å². The number of pyridine rings is 1. The van der Waals surface area contributed by atoms with Crippen LogP contribution in [0.2, 0.25) is 0 Å². The van der Waals surface area contributed by atoms with Gasteiger partial charge in [0.25, 0.3) is 0 Å². The van der Waals surface area contributed by atoms with E-state index < -0.39 is 5.97 Å². The quantitative estimate of drug-likeness (QED) is 0.872. The minimum Gasteiger partial charge on any atom is -0.508 e. The second kappa shape index (κ2) is 6.66. The van der Waals surface area contributed by atoms with Gasteiger partial charge in [0.2, 0.25) is 0 Å². The number of aromatic hydroxyl groups is 1. The molecule has 0 saturated carbocycles. The molecule has 1 aliphatic rings. The molecule has 1 aromatic carbocycles. The summed E-state index contributed by atoms with van der Waals surface area (Å²) in [5, 5.41) is 10.2. The van der Waals surface area contributed by atoms with Crippen LogP contribution in [0.3, 0.4) is 0 Å². The Labute approximate surface area is 140 Å². The summed E-state index contributed by atoms with van der Waals surface area (Å²) >= 11 is 0. The number of phenols is 1. The maximum absolute atomic E-state index is 12.4. The number of hydrogen-bond acceptors (Lipinski definition) is 5. The van der Waals surface area contributed by atoms with E-state index in [1.807, 2.05) is 26.0 Å². The summed E-state index contributed by atoms with van der Waals surface area (Å²) in [7, 11) is 0. The Kier molecular flexibility index (Phi) is 4.42. The molecule has 0 radical (unpaired) electrons. The molecule has 0 spiro atoms. The van der Waals surface area contributed by atoms with Gasteiger partial charge in [-0.3, -0.25) is 9.98 Å². The number of carbonyl (C=O) groups excluding carboxylic acids is 1. The highest BCUT2D eigenvalue weighted by Gasteiger charge is 2.29. The lowest BCUT2D eigenvalue weighted by molar-refractivity contribution is 0.0598. The van der Waals surface area contributed by atoms with Gasteiger partial charge in [-0.2, -0.15) is 0 Å². The summed E-state index contributed by atoms with van der Waals surface area (Å²) in [6, 6.07) is 10.4. The zero-order valence-electron chi connectivity index (χ0n) is 13.6. The van der Waals surface area contributed by atoms with Crippen molar-refractivity contribution < 1.29 is 14.6 Å². The van der Waals surface area contributed by atoms with Crippen molar-refractivity contribution in [2.75, 3.05) is 0 Å². The molecule has 0 amide bonds. The Morgan fingerprint density at radius 3 is 2.71 bits per heavy atom. The number of nitrogens with zero attached hydrogens (tertiary/aromatic N) is 2. The Hall–Kier alpha value is -2.95. The van der Waals surface area contributed by atoms with Gasteiger partial charge in [-0.1, -0.05) is 18.2 Å². The van der Waals surface area contributed by atoms with E-state index in [9.17, 15) is 9.90 Å². The van der Waals surface area contributed by atoms with Crippen molar-refractivity contribution in [2.24, 2.45) is 4.99 Å². The zero-order valence-corrected chi connectivity index (χ0v) is 13.6. The third kappa shape index (κ3) is 3.20. The van der Waals surface area contributed by atoms with Gasteiger partial charge < -0.3 is 9.84 Å². The molecule has 1 atom stereocenters. The second-order valence-corrected chi connectivity index (χ2v) is 5.74. The second-order valence-electron chi connectivity index (χ2n) is 5.74. The molecule has 0 fully saturated rings. The van der Waals surface area contributed by atoms with Gasteiger partial charge in [-0.15, -0.1) is 0 Å². The molecule has 2 heterocycles. The Morgan fingerprint density at radius 2 is 2.00 bits per heavy atom. The number of benzene rings is 1. The number of aromatic nitrogens is 1. The summed E-state index contributed by atoms with van der Waals surface area (Å²) in [5.41, 5.74) is 2.67. The van der Waals surface area contributed by atoms with Crippen LogP contribution in [0.5, 0.6) is 5.75 Å². The zero-order chi connectivity index (χ0) is 17.1. The molecule has 122 valence electrons. The predicted molar refractivity (Wildman–Crippen MR) is 90.9 cm³/mol. The van der Waals surface area contributed by atoms with Gasteiger partial charge in [0.1, 0.15) is 11.5 Å². The average Bonchev–Trinajstić information content (AvgIpc) is 2.58. The Morgan fingerprint density at radius 1 is 1.21 bits per heavy atom. The van der Waals surface area contributed by atoms with Crippen LogP contribution < -0.4 is 0 Å². The summed E-state index contributed by atoms with van der Waals surface area (Å²) in [6.45, 7) is 3.73. The highest BCUT2D eigenvalue weighted by atomic mass is 16.5. The predicted octanol–water partition coefficient (Wildman–Crippen LogP) is 3.82. The molecule has 24 heavy (non-hydrogen) atoms. The number of carbonyl (C=O) groups is 1. The number of aliphatic imine (C=N–C) groups is 1. The topological polar surface area (TPSA) is 71.8 Å². The van der Waals surface area contributed by atoms with Crippen LogP contribution >= 0.6 is 0 Å². The molecular weight excluding hydrogens is 304 g/mol. The van der Waals surface area contributed by atoms with Crippen molar-refractivity contribution in [1.82, 2.24) is 4.98 Å². The molecule has 0 saturated heterocycles. The molecule has 1 aromatic heterocycles. The van der Waals surface area contributed by atoms with Gasteiger partial charge in [-0.05, 0) is 38.5 Å². The molecule has 5 heteroatoms. The fourth-order valence-corrected chi connectivity index (χ4v) is 2.85. The monoisotopic (exact) mass is 322 g/mol. The van der Waals surface area contributed by atoms with Gasteiger partial charge in [-0.25, -0.2) is 4.79 Å². The molecule has 0 aliphatic carbocycles. The van der Waals surface area contributed by atoms with Crippen molar-refractivity contribution in [3.63, 3.8) is 0 Å². The number of allylic oxidation sites excluding steroid dienone is 2. The van der Waals surface area contributed by atoms with Crippen molar-refractivity contribution in [2.45, 2.75) is 26.2 Å². The van der Waals surface area contributed by atoms with Crippen LogP contribution in [0, 0.1) is 0 Å². The number of esters is 1. The van der Waals surface area contributed by atoms with E-state index in [1.165, 1.54) is 6.20 Å². The van der Waals surface area contributed by atoms with E-state index in [4.69, 9.17) is 4.74 Å². The largest absolute Gasteiger partial charge is 0.508 e. The maximum Gasteiger partial charge on any atom is 0.344 e. The molecule has 1 unspecified atom stereocenters. The van der Waals surface area contributed by atoms with E-state index in [0.717, 1.165) is 11.3 Å². The third-order valence-electron chi connectivity index (χ3n) is 3.94. The summed E-state index contributed by atoms with van der Waals surface area (Å²) in [4.78, 5) is 20.8. The highest BCUT2D eigenvalue weighted by molar-refractivity contribution is 5.90. The average molecular weight is 322 g/mol. The van der Waals surface area contributed by atoms with Crippen LogP contribution in [0.25, 0.3) is 0 Å². The van der Waals surface area contributed by atoms with Gasteiger partial charge >= 0.3 is 5.97 Å². The minimum absolute atomic E-state index is 0.180. The first-order chi connectivity index (χ1) is 11.6. The number of hydrogen-bond donors (Lipinski definition) is 1. The third-order valence-corrected chi connectivity index (χ3v) is 3.94. The fraction of sp³-hybridized carbons (Fsp3) is 0.211. The minimum atomic E-state index is -0.479. The van der Waals surface area contributed by atoms with Crippen molar-refractivity contribution >= 4 is 11.7 Å². The number of para-hydroxylation sites is 1. The van der Waals surface area contributed by atoms with Crippen LogP contribution in [0.15, 0.2) is 65.2 Å². The van der Waals surface area contributed by atoms with Gasteiger partial charge in [0, 0.05) is 23.7 Å². The highest BCUT2D eigenvalue weighted by Crippen LogP contribution is 2.39. The SMILES string of the molecule is CC1=NC(C)=C(OC(=O)c2cccnc2)C(c2ccccc2O)C1. The first kappa shape index (κ1) is 15.9.